The molecule has 0 aliphatic heterocycles. The average Bonchev–Trinajstić information content (AvgIpc) is 3.34. The monoisotopic (exact) mass is 504 g/mol. The third-order valence-electron chi connectivity index (χ3n) is 7.25. The van der Waals surface area contributed by atoms with Crippen LogP contribution in [0.25, 0.3) is 10.9 Å². The molecule has 2 aromatic carbocycles. The number of nitrogens with zero attached hydrogens (tertiary/aromatic N) is 2. The van der Waals surface area contributed by atoms with Gasteiger partial charge in [-0.25, -0.2) is 4.79 Å². The number of hydrogen-bond acceptors (Lipinski definition) is 3. The molecular formula is C30H40N4O3. The predicted molar refractivity (Wildman–Crippen MR) is 148 cm³/mol. The second-order valence-corrected chi connectivity index (χ2v) is 9.98. The number of aromatic nitrogens is 1. The highest BCUT2D eigenvalue weighted by Gasteiger charge is 2.24. The molecule has 7 heteroatoms. The zero-order chi connectivity index (χ0) is 26.0. The molecule has 0 bridgehead atoms. The number of para-hydroxylation sites is 1. The molecule has 198 valence electrons. The SMILES string of the molecule is CCCN(CC(=O)N(CCc1c[nH]c2ccccc12)Cc1ccc(OC)cc1)C(=O)NC1CCCCC1. The Balaban J connectivity index is 1.47. The number of urea groups is 1. The minimum absolute atomic E-state index is 0.0390. The number of fused-ring (bicyclic) bond motifs is 1. The smallest absolute Gasteiger partial charge is 0.318 e. The topological polar surface area (TPSA) is 77.7 Å². The fraction of sp³-hybridized carbons (Fsp3) is 0.467. The molecule has 0 saturated heterocycles. The quantitative estimate of drug-likeness (QED) is 0.362. The summed E-state index contributed by atoms with van der Waals surface area (Å²) in [5.74, 6) is 0.747. The molecule has 1 saturated carbocycles. The highest BCUT2D eigenvalue weighted by atomic mass is 16.5. The van der Waals surface area contributed by atoms with Gasteiger partial charge in [-0.1, -0.05) is 56.5 Å². The van der Waals surface area contributed by atoms with Crippen LogP contribution in [-0.4, -0.2) is 59.5 Å². The zero-order valence-electron chi connectivity index (χ0n) is 22.2. The van der Waals surface area contributed by atoms with Gasteiger partial charge < -0.3 is 24.8 Å². The van der Waals surface area contributed by atoms with Crippen molar-refractivity contribution in [2.45, 2.75) is 64.5 Å². The molecule has 7 nitrogen and oxygen atoms in total. The van der Waals surface area contributed by atoms with Gasteiger partial charge in [0.1, 0.15) is 12.3 Å². The lowest BCUT2D eigenvalue weighted by Gasteiger charge is -2.30. The maximum Gasteiger partial charge on any atom is 0.318 e. The second kappa shape index (κ2) is 13.2. The van der Waals surface area contributed by atoms with Crippen molar-refractivity contribution in [2.75, 3.05) is 26.7 Å². The molecule has 1 fully saturated rings. The first-order chi connectivity index (χ1) is 18.1. The van der Waals surface area contributed by atoms with Crippen molar-refractivity contribution >= 4 is 22.8 Å². The third kappa shape index (κ3) is 7.28. The summed E-state index contributed by atoms with van der Waals surface area (Å²) in [6.45, 7) is 3.73. The maximum atomic E-state index is 13.6. The molecule has 3 amide bonds. The van der Waals surface area contributed by atoms with Crippen molar-refractivity contribution in [3.05, 3.63) is 65.9 Å². The van der Waals surface area contributed by atoms with Crippen molar-refractivity contribution in [3.63, 3.8) is 0 Å². The first-order valence-corrected chi connectivity index (χ1v) is 13.6. The van der Waals surface area contributed by atoms with Crippen LogP contribution in [0, 0.1) is 0 Å². The van der Waals surface area contributed by atoms with Crippen LogP contribution in [0.3, 0.4) is 0 Å². The summed E-state index contributed by atoms with van der Waals surface area (Å²) in [5.41, 5.74) is 3.31. The molecule has 2 N–H and O–H groups in total. The molecule has 1 heterocycles. The van der Waals surface area contributed by atoms with Crippen LogP contribution >= 0.6 is 0 Å². The summed E-state index contributed by atoms with van der Waals surface area (Å²) in [5, 5.41) is 4.36. The maximum absolute atomic E-state index is 13.6. The van der Waals surface area contributed by atoms with E-state index >= 15 is 0 Å². The highest BCUT2D eigenvalue weighted by Crippen LogP contribution is 2.20. The number of H-pyrrole nitrogens is 1. The summed E-state index contributed by atoms with van der Waals surface area (Å²) in [6.07, 6.45) is 9.15. The Hall–Kier alpha value is -3.48. The summed E-state index contributed by atoms with van der Waals surface area (Å²) in [4.78, 5) is 33.6. The van der Waals surface area contributed by atoms with Crippen LogP contribution < -0.4 is 10.1 Å². The molecule has 0 radical (unpaired) electrons. The summed E-state index contributed by atoms with van der Waals surface area (Å²) in [6, 6.07) is 16.1. The molecule has 0 spiro atoms. The molecule has 37 heavy (non-hydrogen) atoms. The molecule has 1 aliphatic carbocycles. The largest absolute Gasteiger partial charge is 0.497 e. The van der Waals surface area contributed by atoms with Gasteiger partial charge in [-0.2, -0.15) is 0 Å². The number of methoxy groups -OCH3 is 1. The second-order valence-electron chi connectivity index (χ2n) is 9.98. The van der Waals surface area contributed by atoms with E-state index in [1.807, 2.05) is 54.4 Å². The number of amides is 3. The van der Waals surface area contributed by atoms with E-state index in [1.54, 1.807) is 12.0 Å². The predicted octanol–water partition coefficient (Wildman–Crippen LogP) is 5.50. The van der Waals surface area contributed by atoms with Crippen LogP contribution in [0.15, 0.2) is 54.7 Å². The Kier molecular flexibility index (Phi) is 9.46. The number of rotatable bonds is 11. The van der Waals surface area contributed by atoms with E-state index in [1.165, 1.54) is 17.4 Å². The Bertz CT molecular complexity index is 1150. The van der Waals surface area contributed by atoms with Gasteiger partial charge in [0.2, 0.25) is 5.91 Å². The summed E-state index contributed by atoms with van der Waals surface area (Å²) >= 11 is 0. The average molecular weight is 505 g/mol. The van der Waals surface area contributed by atoms with Crippen molar-refractivity contribution in [3.8, 4) is 5.75 Å². The van der Waals surface area contributed by atoms with Crippen LogP contribution in [0.2, 0.25) is 0 Å². The van der Waals surface area contributed by atoms with Gasteiger partial charge in [0.05, 0.1) is 7.11 Å². The van der Waals surface area contributed by atoms with Crippen LogP contribution in [0.4, 0.5) is 4.79 Å². The molecule has 0 atom stereocenters. The van der Waals surface area contributed by atoms with Gasteiger partial charge in [-0.15, -0.1) is 0 Å². The lowest BCUT2D eigenvalue weighted by Crippen LogP contribution is -2.50. The number of carbonyl (C=O) groups excluding carboxylic acids is 2. The van der Waals surface area contributed by atoms with Gasteiger partial charge in [0.15, 0.2) is 0 Å². The molecule has 4 rings (SSSR count). The normalized spacial score (nSPS) is 13.9. The van der Waals surface area contributed by atoms with Crippen molar-refractivity contribution in [2.24, 2.45) is 0 Å². The van der Waals surface area contributed by atoms with E-state index in [0.717, 1.165) is 55.4 Å². The summed E-state index contributed by atoms with van der Waals surface area (Å²) < 4.78 is 5.29. The fourth-order valence-electron chi connectivity index (χ4n) is 5.14. The van der Waals surface area contributed by atoms with Crippen LogP contribution in [0.1, 0.15) is 56.6 Å². The van der Waals surface area contributed by atoms with E-state index < -0.39 is 0 Å². The molecule has 3 aromatic rings. The Morgan fingerprint density at radius 2 is 1.76 bits per heavy atom. The molecular weight excluding hydrogens is 464 g/mol. The molecule has 1 aromatic heterocycles. The van der Waals surface area contributed by atoms with E-state index in [-0.39, 0.29) is 24.5 Å². The van der Waals surface area contributed by atoms with Crippen LogP contribution in [-0.2, 0) is 17.8 Å². The van der Waals surface area contributed by atoms with Gasteiger partial charge in [0, 0.05) is 42.8 Å². The van der Waals surface area contributed by atoms with Crippen molar-refractivity contribution < 1.29 is 14.3 Å². The Morgan fingerprint density at radius 1 is 1.00 bits per heavy atom. The number of hydrogen-bond donors (Lipinski definition) is 2. The van der Waals surface area contributed by atoms with Gasteiger partial charge in [0.25, 0.3) is 0 Å². The minimum Gasteiger partial charge on any atom is -0.497 e. The lowest BCUT2D eigenvalue weighted by atomic mass is 9.96. The number of benzene rings is 2. The number of ether oxygens (including phenoxy) is 1. The van der Waals surface area contributed by atoms with E-state index in [4.69, 9.17) is 4.74 Å². The van der Waals surface area contributed by atoms with Gasteiger partial charge in [-0.05, 0) is 55.0 Å². The van der Waals surface area contributed by atoms with E-state index in [0.29, 0.717) is 19.6 Å². The number of nitrogens with one attached hydrogen (secondary N) is 2. The van der Waals surface area contributed by atoms with E-state index in [2.05, 4.69) is 22.4 Å². The highest BCUT2D eigenvalue weighted by molar-refractivity contribution is 5.85. The van der Waals surface area contributed by atoms with Crippen molar-refractivity contribution in [1.82, 2.24) is 20.1 Å². The van der Waals surface area contributed by atoms with Gasteiger partial charge in [-0.3, -0.25) is 4.79 Å². The Labute approximate surface area is 220 Å². The van der Waals surface area contributed by atoms with E-state index in [9.17, 15) is 9.59 Å². The molecule has 0 unspecified atom stereocenters. The lowest BCUT2D eigenvalue weighted by molar-refractivity contribution is -0.132. The zero-order valence-corrected chi connectivity index (χ0v) is 22.2. The molecule has 1 aliphatic rings. The number of aromatic amines is 1. The van der Waals surface area contributed by atoms with Crippen molar-refractivity contribution in [1.29, 1.82) is 0 Å². The van der Waals surface area contributed by atoms with Gasteiger partial charge >= 0.3 is 6.03 Å². The Morgan fingerprint density at radius 3 is 2.49 bits per heavy atom. The standard InChI is InChI=1S/C30H40N4O3/c1-3-18-34(30(36)32-25-9-5-4-6-10-25)22-29(35)33(21-23-13-15-26(37-2)16-14-23)19-17-24-20-31-28-12-8-7-11-27(24)28/h7-8,11-16,20,25,31H,3-6,9-10,17-19,21-22H2,1-2H3,(H,32,36). The number of carbonyl (C=O) groups is 2. The summed E-state index contributed by atoms with van der Waals surface area (Å²) in [7, 11) is 1.65. The first kappa shape index (κ1) is 26.6. The van der Waals surface area contributed by atoms with Crippen LogP contribution in [0.5, 0.6) is 5.75 Å². The third-order valence-corrected chi connectivity index (χ3v) is 7.25. The fourth-order valence-corrected chi connectivity index (χ4v) is 5.14. The first-order valence-electron chi connectivity index (χ1n) is 13.6. The minimum atomic E-state index is -0.122.